The Bertz CT molecular complexity index is 671. The van der Waals surface area contributed by atoms with Crippen LogP contribution in [-0.4, -0.2) is 51.4 Å². The van der Waals surface area contributed by atoms with Gasteiger partial charge < -0.3 is 10.2 Å². The van der Waals surface area contributed by atoms with Crippen LogP contribution in [0.3, 0.4) is 0 Å². The van der Waals surface area contributed by atoms with Gasteiger partial charge in [0, 0.05) is 31.2 Å². The molecule has 25 heavy (non-hydrogen) atoms. The molecular weight excluding hydrogens is 362 g/mol. The third-order valence-corrected chi connectivity index (χ3v) is 5.47. The minimum atomic E-state index is -3.57. The molecule has 0 spiro atoms. The Morgan fingerprint density at radius 1 is 1.40 bits per heavy atom. The van der Waals surface area contributed by atoms with Gasteiger partial charge in [0.25, 0.3) is 5.91 Å². The van der Waals surface area contributed by atoms with Gasteiger partial charge in [-0.3, -0.25) is 4.79 Å². The summed E-state index contributed by atoms with van der Waals surface area (Å²) in [6.45, 7) is 8.13. The molecule has 1 aliphatic rings. The number of amides is 1. The molecule has 1 heterocycles. The zero-order chi connectivity index (χ0) is 17.6. The topological polar surface area (TPSA) is 78.5 Å². The molecule has 0 saturated carbocycles. The predicted molar refractivity (Wildman–Crippen MR) is 102 cm³/mol. The summed E-state index contributed by atoms with van der Waals surface area (Å²) < 4.78 is 26.5. The molecule has 1 aromatic rings. The smallest absolute Gasteiger partial charge is 0.254 e. The van der Waals surface area contributed by atoms with E-state index in [0.29, 0.717) is 12.1 Å². The average molecular weight is 388 g/mol. The van der Waals surface area contributed by atoms with Gasteiger partial charge in [0.15, 0.2) is 0 Å². The van der Waals surface area contributed by atoms with Crippen LogP contribution in [0.2, 0.25) is 0 Å². The van der Waals surface area contributed by atoms with E-state index in [1.54, 1.807) is 12.1 Å². The van der Waals surface area contributed by atoms with Crippen LogP contribution in [0, 0.1) is 0 Å². The molecule has 0 bridgehead atoms. The second-order valence-corrected chi connectivity index (χ2v) is 7.58. The fourth-order valence-electron chi connectivity index (χ4n) is 2.79. The molecule has 6 nitrogen and oxygen atoms in total. The summed E-state index contributed by atoms with van der Waals surface area (Å²) >= 11 is 0. The van der Waals surface area contributed by atoms with E-state index in [1.807, 2.05) is 11.8 Å². The predicted octanol–water partition coefficient (Wildman–Crippen LogP) is 1.79. The standard InChI is InChI=1S/C17H25N3O3S.ClH/c1-3-10-19-24(22,23)16-7-5-14(6-8-16)17(21)20(12-4-2)15-9-11-18-13-15;/h3,5-8,15,18-19H,1,4,9-13H2,2H3;1H. The fraction of sp³-hybridized carbons (Fsp3) is 0.471. The Balaban J connectivity index is 0.00000312. The number of nitrogens with zero attached hydrogens (tertiary/aromatic N) is 1. The largest absolute Gasteiger partial charge is 0.334 e. The highest BCUT2D eigenvalue weighted by Crippen LogP contribution is 2.16. The molecule has 1 fully saturated rings. The zero-order valence-electron chi connectivity index (χ0n) is 14.4. The molecule has 1 amide bonds. The number of nitrogens with one attached hydrogen (secondary N) is 2. The summed E-state index contributed by atoms with van der Waals surface area (Å²) in [5.41, 5.74) is 0.512. The first-order valence-electron chi connectivity index (χ1n) is 8.22. The molecule has 1 aromatic carbocycles. The molecule has 2 N–H and O–H groups in total. The summed E-state index contributed by atoms with van der Waals surface area (Å²) in [7, 11) is -3.57. The van der Waals surface area contributed by atoms with Gasteiger partial charge in [0.05, 0.1) is 4.90 Å². The van der Waals surface area contributed by atoms with Crippen LogP contribution < -0.4 is 10.0 Å². The van der Waals surface area contributed by atoms with Crippen LogP contribution in [0.4, 0.5) is 0 Å². The second-order valence-electron chi connectivity index (χ2n) is 5.81. The third kappa shape index (κ3) is 5.54. The van der Waals surface area contributed by atoms with Crippen LogP contribution in [0.25, 0.3) is 0 Å². The van der Waals surface area contributed by atoms with Crippen molar-refractivity contribution in [1.29, 1.82) is 0 Å². The van der Waals surface area contributed by atoms with E-state index in [2.05, 4.69) is 16.6 Å². The maximum Gasteiger partial charge on any atom is 0.254 e. The lowest BCUT2D eigenvalue weighted by molar-refractivity contribution is 0.0692. The molecule has 1 aliphatic heterocycles. The number of rotatable bonds is 8. The minimum absolute atomic E-state index is 0. The summed E-state index contributed by atoms with van der Waals surface area (Å²) in [4.78, 5) is 14.8. The highest BCUT2D eigenvalue weighted by Gasteiger charge is 2.26. The Hall–Kier alpha value is -1.41. The molecule has 0 aromatic heterocycles. The number of carbonyl (C=O) groups excluding carboxylic acids is 1. The summed E-state index contributed by atoms with van der Waals surface area (Å²) in [5.74, 6) is -0.0476. The van der Waals surface area contributed by atoms with Crippen molar-refractivity contribution in [2.24, 2.45) is 0 Å². The van der Waals surface area contributed by atoms with Crippen LogP contribution in [0.1, 0.15) is 30.1 Å². The molecular formula is C17H26ClN3O3S. The summed E-state index contributed by atoms with van der Waals surface area (Å²) in [6.07, 6.45) is 3.32. The number of benzene rings is 1. The zero-order valence-corrected chi connectivity index (χ0v) is 16.0. The van der Waals surface area contributed by atoms with Gasteiger partial charge in [0.2, 0.25) is 10.0 Å². The van der Waals surface area contributed by atoms with Crippen LogP contribution in [0.5, 0.6) is 0 Å². The first kappa shape index (κ1) is 21.6. The molecule has 0 aliphatic carbocycles. The monoisotopic (exact) mass is 387 g/mol. The Morgan fingerprint density at radius 2 is 2.08 bits per heavy atom. The fourth-order valence-corrected chi connectivity index (χ4v) is 3.79. The quantitative estimate of drug-likeness (QED) is 0.666. The van der Waals surface area contributed by atoms with Gasteiger partial charge in [-0.25, -0.2) is 13.1 Å². The van der Waals surface area contributed by atoms with Crippen LogP contribution >= 0.6 is 12.4 Å². The number of sulfonamides is 1. The summed E-state index contributed by atoms with van der Waals surface area (Å²) in [6, 6.07) is 6.30. The molecule has 1 saturated heterocycles. The van der Waals surface area contributed by atoms with Gasteiger partial charge in [-0.1, -0.05) is 13.0 Å². The van der Waals surface area contributed by atoms with Gasteiger partial charge >= 0.3 is 0 Å². The van der Waals surface area contributed by atoms with E-state index < -0.39 is 10.0 Å². The van der Waals surface area contributed by atoms with Gasteiger partial charge in [-0.2, -0.15) is 0 Å². The SMILES string of the molecule is C=CCNS(=O)(=O)c1ccc(C(=O)N(CCC)C2CCNC2)cc1.Cl. The Morgan fingerprint density at radius 3 is 2.60 bits per heavy atom. The lowest BCUT2D eigenvalue weighted by Crippen LogP contribution is -2.42. The molecule has 2 rings (SSSR count). The summed E-state index contributed by atoms with van der Waals surface area (Å²) in [5, 5.41) is 3.28. The number of halogens is 1. The maximum absolute atomic E-state index is 12.8. The van der Waals surface area contributed by atoms with E-state index in [0.717, 1.165) is 25.9 Å². The Labute approximate surface area is 156 Å². The first-order chi connectivity index (χ1) is 11.5. The van der Waals surface area contributed by atoms with E-state index in [-0.39, 0.29) is 35.8 Å². The van der Waals surface area contributed by atoms with Crippen molar-refractivity contribution in [2.75, 3.05) is 26.2 Å². The highest BCUT2D eigenvalue weighted by atomic mass is 35.5. The first-order valence-corrected chi connectivity index (χ1v) is 9.70. The maximum atomic E-state index is 12.8. The van der Waals surface area contributed by atoms with E-state index in [9.17, 15) is 13.2 Å². The van der Waals surface area contributed by atoms with E-state index >= 15 is 0 Å². The van der Waals surface area contributed by atoms with Crippen molar-refractivity contribution in [3.05, 3.63) is 42.5 Å². The van der Waals surface area contributed by atoms with Gasteiger partial charge in [0.1, 0.15) is 0 Å². The molecule has 8 heteroatoms. The van der Waals surface area contributed by atoms with Crippen molar-refractivity contribution >= 4 is 28.3 Å². The highest BCUT2D eigenvalue weighted by molar-refractivity contribution is 7.89. The van der Waals surface area contributed by atoms with Crippen LogP contribution in [-0.2, 0) is 10.0 Å². The van der Waals surface area contributed by atoms with Crippen molar-refractivity contribution in [3.8, 4) is 0 Å². The lowest BCUT2D eigenvalue weighted by atomic mass is 10.1. The van der Waals surface area contributed by atoms with Gasteiger partial charge in [-0.05, 0) is 43.7 Å². The number of hydrogen-bond acceptors (Lipinski definition) is 4. The van der Waals surface area contributed by atoms with Crippen molar-refractivity contribution < 1.29 is 13.2 Å². The average Bonchev–Trinajstić information content (AvgIpc) is 3.11. The molecule has 0 radical (unpaired) electrons. The number of hydrogen-bond donors (Lipinski definition) is 2. The van der Waals surface area contributed by atoms with Crippen molar-refractivity contribution in [2.45, 2.75) is 30.7 Å². The van der Waals surface area contributed by atoms with Crippen molar-refractivity contribution in [1.82, 2.24) is 14.9 Å². The van der Waals surface area contributed by atoms with Crippen molar-refractivity contribution in [3.63, 3.8) is 0 Å². The normalized spacial score (nSPS) is 16.9. The Kier molecular flexibility index (Phi) is 8.58. The molecule has 140 valence electrons. The molecule has 1 atom stereocenters. The second kappa shape index (κ2) is 9.91. The van der Waals surface area contributed by atoms with E-state index in [1.165, 1.54) is 18.2 Å². The van der Waals surface area contributed by atoms with Crippen LogP contribution in [0.15, 0.2) is 41.8 Å². The van der Waals surface area contributed by atoms with Gasteiger partial charge in [-0.15, -0.1) is 19.0 Å². The molecule has 1 unspecified atom stereocenters. The third-order valence-electron chi connectivity index (χ3n) is 4.03. The minimum Gasteiger partial charge on any atom is -0.334 e. The lowest BCUT2D eigenvalue weighted by Gasteiger charge is -2.28. The van der Waals surface area contributed by atoms with E-state index in [4.69, 9.17) is 0 Å². The number of carbonyl (C=O) groups is 1.